The van der Waals surface area contributed by atoms with E-state index in [2.05, 4.69) is 32.6 Å². The quantitative estimate of drug-likeness (QED) is 0.350. The van der Waals surface area contributed by atoms with E-state index in [-0.39, 0.29) is 12.5 Å². The Morgan fingerprint density at radius 3 is 2.62 bits per heavy atom. The van der Waals surface area contributed by atoms with E-state index in [1.807, 2.05) is 41.8 Å². The molecule has 32 heavy (non-hydrogen) atoms. The van der Waals surface area contributed by atoms with Crippen LogP contribution in [0.4, 0.5) is 5.13 Å². The molecule has 0 aliphatic heterocycles. The molecule has 0 saturated carbocycles. The molecule has 10 heteroatoms. The number of rotatable bonds is 9. The summed E-state index contributed by atoms with van der Waals surface area (Å²) in [6.07, 6.45) is 2.11. The van der Waals surface area contributed by atoms with E-state index in [1.54, 1.807) is 12.1 Å². The number of benzene rings is 2. The van der Waals surface area contributed by atoms with Gasteiger partial charge in [-0.2, -0.15) is 4.80 Å². The van der Waals surface area contributed by atoms with Gasteiger partial charge in [0, 0.05) is 21.5 Å². The minimum Gasteiger partial charge on any atom is -0.494 e. The fraction of sp³-hybridized carbons (Fsp3) is 0.227. The Morgan fingerprint density at radius 1 is 1.12 bits per heavy atom. The number of ether oxygens (including phenoxy) is 1. The van der Waals surface area contributed by atoms with E-state index in [4.69, 9.17) is 16.3 Å². The lowest BCUT2D eigenvalue weighted by Gasteiger charge is -2.05. The number of thiazole rings is 1. The van der Waals surface area contributed by atoms with Gasteiger partial charge in [-0.1, -0.05) is 37.1 Å². The molecule has 1 amide bonds. The summed E-state index contributed by atoms with van der Waals surface area (Å²) < 4.78 is 5.66. The lowest BCUT2D eigenvalue weighted by atomic mass is 10.2. The molecule has 0 saturated heterocycles. The van der Waals surface area contributed by atoms with Crippen LogP contribution in [0, 0.1) is 0 Å². The van der Waals surface area contributed by atoms with Crippen molar-refractivity contribution in [2.45, 2.75) is 26.3 Å². The minimum absolute atomic E-state index is 0.0684. The number of hydrogen-bond donors (Lipinski definition) is 1. The number of unbranched alkanes of at least 4 members (excludes halogenated alkanes) is 1. The molecule has 2 heterocycles. The molecule has 0 aliphatic rings. The maximum Gasteiger partial charge on any atom is 0.249 e. The molecule has 2 aromatic heterocycles. The number of carbonyl (C=O) groups is 1. The van der Waals surface area contributed by atoms with E-state index >= 15 is 0 Å². The highest BCUT2D eigenvalue weighted by Crippen LogP contribution is 2.26. The molecule has 1 N–H and O–H groups in total. The summed E-state index contributed by atoms with van der Waals surface area (Å²) in [7, 11) is 0. The van der Waals surface area contributed by atoms with Gasteiger partial charge >= 0.3 is 0 Å². The summed E-state index contributed by atoms with van der Waals surface area (Å²) in [6, 6.07) is 14.9. The predicted octanol–water partition coefficient (Wildman–Crippen LogP) is 4.93. The highest BCUT2D eigenvalue weighted by molar-refractivity contribution is 7.14. The van der Waals surface area contributed by atoms with Crippen molar-refractivity contribution < 1.29 is 9.53 Å². The van der Waals surface area contributed by atoms with Crippen molar-refractivity contribution >= 4 is 34.0 Å². The third-order valence-corrected chi connectivity index (χ3v) is 5.52. The minimum atomic E-state index is -0.286. The molecule has 4 rings (SSSR count). The largest absolute Gasteiger partial charge is 0.494 e. The second-order valence-electron chi connectivity index (χ2n) is 6.96. The highest BCUT2D eigenvalue weighted by atomic mass is 35.5. The Hall–Kier alpha value is -3.30. The molecule has 8 nitrogen and oxygen atoms in total. The summed E-state index contributed by atoms with van der Waals surface area (Å²) in [4.78, 5) is 18.1. The standard InChI is InChI=1S/C22H21ClN6O2S/c1-2-3-12-31-18-10-6-16(7-11-18)21-26-28-29(27-21)13-20(30)25-22-24-19(14-32-22)15-4-8-17(23)9-5-15/h4-11,14H,2-3,12-13H2,1H3,(H,24,25,30). The molecular formula is C22H21ClN6O2S. The third kappa shape index (κ3) is 5.68. The predicted molar refractivity (Wildman–Crippen MR) is 125 cm³/mol. The van der Waals surface area contributed by atoms with Gasteiger partial charge in [0.1, 0.15) is 12.3 Å². The van der Waals surface area contributed by atoms with Crippen molar-refractivity contribution in [3.63, 3.8) is 0 Å². The lowest BCUT2D eigenvalue weighted by Crippen LogP contribution is -2.20. The van der Waals surface area contributed by atoms with Crippen molar-refractivity contribution in [1.82, 2.24) is 25.2 Å². The van der Waals surface area contributed by atoms with Crippen LogP contribution < -0.4 is 10.1 Å². The molecule has 0 unspecified atom stereocenters. The van der Waals surface area contributed by atoms with Gasteiger partial charge in [0.15, 0.2) is 5.13 Å². The van der Waals surface area contributed by atoms with Gasteiger partial charge in [0.05, 0.1) is 12.3 Å². The van der Waals surface area contributed by atoms with Gasteiger partial charge in [0.2, 0.25) is 11.7 Å². The Labute approximate surface area is 194 Å². The van der Waals surface area contributed by atoms with E-state index in [0.717, 1.165) is 35.4 Å². The molecule has 2 aromatic carbocycles. The number of hydrogen-bond acceptors (Lipinski definition) is 7. The van der Waals surface area contributed by atoms with E-state index in [1.165, 1.54) is 16.1 Å². The van der Waals surface area contributed by atoms with Crippen LogP contribution >= 0.6 is 22.9 Å². The van der Waals surface area contributed by atoms with Crippen molar-refractivity contribution in [3.05, 3.63) is 58.9 Å². The van der Waals surface area contributed by atoms with Gasteiger partial charge in [0.25, 0.3) is 0 Å². The number of amides is 1. The highest BCUT2D eigenvalue weighted by Gasteiger charge is 2.12. The molecule has 0 spiro atoms. The summed E-state index contributed by atoms with van der Waals surface area (Å²) >= 11 is 7.27. The second kappa shape index (κ2) is 10.3. The van der Waals surface area contributed by atoms with E-state index < -0.39 is 0 Å². The normalized spacial score (nSPS) is 10.8. The number of halogens is 1. The first kappa shape index (κ1) is 21.9. The van der Waals surface area contributed by atoms with Gasteiger partial charge in [-0.25, -0.2) is 4.98 Å². The maximum absolute atomic E-state index is 12.4. The molecule has 164 valence electrons. The average molecular weight is 469 g/mol. The first-order chi connectivity index (χ1) is 15.6. The molecule has 0 atom stereocenters. The number of anilines is 1. The van der Waals surface area contributed by atoms with Crippen molar-refractivity contribution in [1.29, 1.82) is 0 Å². The van der Waals surface area contributed by atoms with Crippen LogP contribution in [-0.4, -0.2) is 37.7 Å². The topological polar surface area (TPSA) is 94.8 Å². The van der Waals surface area contributed by atoms with Crippen LogP contribution in [0.3, 0.4) is 0 Å². The molecule has 0 bridgehead atoms. The maximum atomic E-state index is 12.4. The summed E-state index contributed by atoms with van der Waals surface area (Å²) in [6.45, 7) is 2.75. The number of nitrogens with zero attached hydrogens (tertiary/aromatic N) is 5. The lowest BCUT2D eigenvalue weighted by molar-refractivity contribution is -0.117. The summed E-state index contributed by atoms with van der Waals surface area (Å²) in [5, 5.41) is 18.1. The Balaban J connectivity index is 1.33. The molecule has 0 aliphatic carbocycles. The van der Waals surface area contributed by atoms with Gasteiger partial charge < -0.3 is 10.1 Å². The first-order valence-corrected chi connectivity index (χ1v) is 11.4. The zero-order valence-corrected chi connectivity index (χ0v) is 18.9. The summed E-state index contributed by atoms with van der Waals surface area (Å²) in [5.74, 6) is 0.957. The fourth-order valence-electron chi connectivity index (χ4n) is 2.83. The van der Waals surface area contributed by atoms with Crippen LogP contribution in [-0.2, 0) is 11.3 Å². The molecule has 0 radical (unpaired) electrons. The number of carbonyl (C=O) groups excluding carboxylic acids is 1. The number of nitrogens with one attached hydrogen (secondary N) is 1. The third-order valence-electron chi connectivity index (χ3n) is 4.51. The number of aromatic nitrogens is 5. The van der Waals surface area contributed by atoms with Crippen molar-refractivity contribution in [2.75, 3.05) is 11.9 Å². The van der Waals surface area contributed by atoms with Crippen LogP contribution in [0.1, 0.15) is 19.8 Å². The zero-order chi connectivity index (χ0) is 22.3. The average Bonchev–Trinajstić information content (AvgIpc) is 3.45. The monoisotopic (exact) mass is 468 g/mol. The molecule has 0 fully saturated rings. The van der Waals surface area contributed by atoms with Crippen LogP contribution in [0.5, 0.6) is 5.75 Å². The van der Waals surface area contributed by atoms with E-state index in [0.29, 0.717) is 22.6 Å². The van der Waals surface area contributed by atoms with E-state index in [9.17, 15) is 4.79 Å². The van der Waals surface area contributed by atoms with Gasteiger partial charge in [-0.15, -0.1) is 21.5 Å². The SMILES string of the molecule is CCCCOc1ccc(-c2nnn(CC(=O)Nc3nc(-c4ccc(Cl)cc4)cs3)n2)cc1. The number of tetrazole rings is 1. The first-order valence-electron chi connectivity index (χ1n) is 10.1. The van der Waals surface area contributed by atoms with Crippen LogP contribution in [0.25, 0.3) is 22.6 Å². The molecule has 4 aromatic rings. The smallest absolute Gasteiger partial charge is 0.249 e. The Kier molecular flexibility index (Phi) is 7.08. The fourth-order valence-corrected chi connectivity index (χ4v) is 3.69. The van der Waals surface area contributed by atoms with Crippen LogP contribution in [0.15, 0.2) is 53.9 Å². The van der Waals surface area contributed by atoms with Crippen molar-refractivity contribution in [3.8, 4) is 28.4 Å². The van der Waals surface area contributed by atoms with Gasteiger partial charge in [-0.05, 0) is 48.0 Å². The Bertz CT molecular complexity index is 1170. The Morgan fingerprint density at radius 2 is 1.88 bits per heavy atom. The molecular weight excluding hydrogens is 448 g/mol. The second-order valence-corrected chi connectivity index (χ2v) is 8.26. The van der Waals surface area contributed by atoms with Gasteiger partial charge in [-0.3, -0.25) is 4.79 Å². The van der Waals surface area contributed by atoms with Crippen molar-refractivity contribution in [2.24, 2.45) is 0 Å². The van der Waals surface area contributed by atoms with Crippen LogP contribution in [0.2, 0.25) is 5.02 Å². The summed E-state index contributed by atoms with van der Waals surface area (Å²) in [5.41, 5.74) is 2.49. The zero-order valence-electron chi connectivity index (χ0n) is 17.4.